The lowest BCUT2D eigenvalue weighted by molar-refractivity contribution is -0.116. The van der Waals surface area contributed by atoms with Crippen molar-refractivity contribution < 1.29 is 14.3 Å². The van der Waals surface area contributed by atoms with Crippen LogP contribution >= 0.6 is 0 Å². The third-order valence-electron chi connectivity index (χ3n) is 5.83. The largest absolute Gasteiger partial charge is 0.494 e. The van der Waals surface area contributed by atoms with Gasteiger partial charge in [0.1, 0.15) is 11.6 Å². The zero-order valence-corrected chi connectivity index (χ0v) is 18.4. The first-order valence-electron chi connectivity index (χ1n) is 10.6. The van der Waals surface area contributed by atoms with Crippen molar-refractivity contribution >= 4 is 17.5 Å². The summed E-state index contributed by atoms with van der Waals surface area (Å²) in [4.78, 5) is 26.0. The Bertz CT molecular complexity index is 1150. The van der Waals surface area contributed by atoms with Crippen molar-refractivity contribution in [3.05, 3.63) is 70.4 Å². The molecule has 1 aliphatic heterocycles. The van der Waals surface area contributed by atoms with Crippen LogP contribution in [0, 0.1) is 20.8 Å². The van der Waals surface area contributed by atoms with Crippen molar-refractivity contribution in [1.29, 1.82) is 0 Å². The Morgan fingerprint density at radius 3 is 2.61 bits per heavy atom. The SMILES string of the molecule is CCCOc1ccc(C(=O)[C@H]2CC(=O)Nc3c2c(C)nn3-c2cccc(C)c2C)cc1. The van der Waals surface area contributed by atoms with E-state index in [9.17, 15) is 9.59 Å². The number of benzene rings is 2. The third-order valence-corrected chi connectivity index (χ3v) is 5.83. The molecule has 1 aromatic heterocycles. The minimum absolute atomic E-state index is 0.0817. The number of ether oxygens (including phenoxy) is 1. The van der Waals surface area contributed by atoms with Crippen LogP contribution in [0.1, 0.15) is 58.4 Å². The molecule has 31 heavy (non-hydrogen) atoms. The number of nitrogens with zero attached hydrogens (tertiary/aromatic N) is 2. The summed E-state index contributed by atoms with van der Waals surface area (Å²) in [7, 11) is 0. The first-order valence-corrected chi connectivity index (χ1v) is 10.6. The molecule has 0 saturated carbocycles. The predicted octanol–water partition coefficient (Wildman–Crippen LogP) is 4.90. The van der Waals surface area contributed by atoms with Gasteiger partial charge in [-0.3, -0.25) is 9.59 Å². The van der Waals surface area contributed by atoms with Crippen LogP contribution in [0.15, 0.2) is 42.5 Å². The van der Waals surface area contributed by atoms with Gasteiger partial charge in [0.25, 0.3) is 0 Å². The molecule has 6 heteroatoms. The molecule has 0 radical (unpaired) electrons. The van der Waals surface area contributed by atoms with Gasteiger partial charge in [-0.05, 0) is 68.7 Å². The van der Waals surface area contributed by atoms with Crippen molar-refractivity contribution in [2.24, 2.45) is 0 Å². The number of anilines is 1. The summed E-state index contributed by atoms with van der Waals surface area (Å²) >= 11 is 0. The third kappa shape index (κ3) is 3.85. The fraction of sp³-hybridized carbons (Fsp3) is 0.320. The number of carbonyl (C=O) groups excluding carboxylic acids is 2. The van der Waals surface area contributed by atoms with Crippen LogP contribution < -0.4 is 10.1 Å². The first-order chi connectivity index (χ1) is 14.9. The summed E-state index contributed by atoms with van der Waals surface area (Å²) in [6, 6.07) is 13.1. The molecule has 0 fully saturated rings. The number of carbonyl (C=O) groups is 2. The van der Waals surface area contributed by atoms with E-state index in [2.05, 4.69) is 5.32 Å². The molecule has 0 unspecified atom stereocenters. The first kappa shape index (κ1) is 20.8. The second-order valence-electron chi connectivity index (χ2n) is 8.02. The van der Waals surface area contributed by atoms with Gasteiger partial charge in [0.15, 0.2) is 5.78 Å². The highest BCUT2D eigenvalue weighted by molar-refractivity contribution is 6.08. The van der Waals surface area contributed by atoms with Crippen molar-refractivity contribution in [3.8, 4) is 11.4 Å². The minimum atomic E-state index is -0.565. The predicted molar refractivity (Wildman–Crippen MR) is 120 cm³/mol. The summed E-state index contributed by atoms with van der Waals surface area (Å²) in [5.74, 6) is 0.495. The van der Waals surface area contributed by atoms with E-state index in [1.54, 1.807) is 28.9 Å². The van der Waals surface area contributed by atoms with Gasteiger partial charge in [-0.25, -0.2) is 4.68 Å². The molecule has 4 rings (SSSR count). The van der Waals surface area contributed by atoms with E-state index in [0.717, 1.165) is 40.2 Å². The summed E-state index contributed by atoms with van der Waals surface area (Å²) in [6.07, 6.45) is 1.03. The highest BCUT2D eigenvalue weighted by Crippen LogP contribution is 2.39. The minimum Gasteiger partial charge on any atom is -0.494 e. The van der Waals surface area contributed by atoms with Gasteiger partial charge in [-0.2, -0.15) is 5.10 Å². The van der Waals surface area contributed by atoms with E-state index in [1.807, 2.05) is 45.9 Å². The number of Topliss-reactive ketones (excluding diaryl/α,β-unsaturated/α-hetero) is 1. The van der Waals surface area contributed by atoms with Crippen molar-refractivity contribution in [3.63, 3.8) is 0 Å². The number of hydrogen-bond donors (Lipinski definition) is 1. The van der Waals surface area contributed by atoms with Gasteiger partial charge >= 0.3 is 0 Å². The van der Waals surface area contributed by atoms with Crippen molar-refractivity contribution in [1.82, 2.24) is 9.78 Å². The molecule has 0 spiro atoms. The monoisotopic (exact) mass is 417 g/mol. The number of nitrogens with one attached hydrogen (secondary N) is 1. The second kappa shape index (κ2) is 8.38. The van der Waals surface area contributed by atoms with E-state index in [1.165, 1.54) is 0 Å². The zero-order chi connectivity index (χ0) is 22.1. The molecule has 0 bridgehead atoms. The van der Waals surface area contributed by atoms with Crippen LogP contribution in [0.5, 0.6) is 5.75 Å². The van der Waals surface area contributed by atoms with Crippen LogP contribution in [-0.2, 0) is 4.79 Å². The van der Waals surface area contributed by atoms with Gasteiger partial charge in [-0.15, -0.1) is 0 Å². The van der Waals surface area contributed by atoms with Crippen LogP contribution in [-0.4, -0.2) is 28.1 Å². The fourth-order valence-electron chi connectivity index (χ4n) is 4.05. The maximum Gasteiger partial charge on any atom is 0.226 e. The zero-order valence-electron chi connectivity index (χ0n) is 18.4. The molecule has 2 heterocycles. The molecular weight excluding hydrogens is 390 g/mol. The molecule has 1 N–H and O–H groups in total. The second-order valence-corrected chi connectivity index (χ2v) is 8.02. The average Bonchev–Trinajstić information content (AvgIpc) is 3.09. The summed E-state index contributed by atoms with van der Waals surface area (Å²) in [5.41, 5.74) is 5.22. The molecule has 0 aliphatic carbocycles. The average molecular weight is 418 g/mol. The number of aromatic nitrogens is 2. The molecular formula is C25H27N3O3. The highest BCUT2D eigenvalue weighted by Gasteiger charge is 2.36. The summed E-state index contributed by atoms with van der Waals surface area (Å²) in [6.45, 7) is 8.64. The van der Waals surface area contributed by atoms with E-state index in [0.29, 0.717) is 18.0 Å². The number of ketones is 1. The smallest absolute Gasteiger partial charge is 0.226 e. The molecule has 0 saturated heterocycles. The maximum atomic E-state index is 13.4. The molecule has 1 amide bonds. The van der Waals surface area contributed by atoms with Gasteiger partial charge in [0, 0.05) is 17.5 Å². The fourth-order valence-corrected chi connectivity index (χ4v) is 4.05. The van der Waals surface area contributed by atoms with E-state index >= 15 is 0 Å². The van der Waals surface area contributed by atoms with Crippen molar-refractivity contribution in [2.45, 2.75) is 46.5 Å². The number of amides is 1. The van der Waals surface area contributed by atoms with E-state index < -0.39 is 5.92 Å². The lowest BCUT2D eigenvalue weighted by Crippen LogP contribution is -2.28. The normalized spacial score (nSPS) is 15.4. The Morgan fingerprint density at radius 2 is 1.90 bits per heavy atom. The quantitative estimate of drug-likeness (QED) is 0.579. The Kier molecular flexibility index (Phi) is 5.63. The maximum absolute atomic E-state index is 13.4. The summed E-state index contributed by atoms with van der Waals surface area (Å²) < 4.78 is 7.37. The summed E-state index contributed by atoms with van der Waals surface area (Å²) in [5, 5.41) is 7.66. The Morgan fingerprint density at radius 1 is 1.16 bits per heavy atom. The Balaban J connectivity index is 1.73. The van der Waals surface area contributed by atoms with Crippen molar-refractivity contribution in [2.75, 3.05) is 11.9 Å². The number of aryl methyl sites for hydroxylation is 2. The Labute approximate surface area is 182 Å². The van der Waals surface area contributed by atoms with Gasteiger partial charge in [-0.1, -0.05) is 19.1 Å². The lowest BCUT2D eigenvalue weighted by atomic mass is 9.85. The van der Waals surface area contributed by atoms with E-state index in [4.69, 9.17) is 9.84 Å². The van der Waals surface area contributed by atoms with Crippen LogP contribution in [0.25, 0.3) is 5.69 Å². The molecule has 6 nitrogen and oxygen atoms in total. The van der Waals surface area contributed by atoms with Gasteiger partial charge in [0.2, 0.25) is 5.91 Å². The van der Waals surface area contributed by atoms with Gasteiger partial charge < -0.3 is 10.1 Å². The van der Waals surface area contributed by atoms with Crippen LogP contribution in [0.2, 0.25) is 0 Å². The topological polar surface area (TPSA) is 73.2 Å². The number of rotatable bonds is 6. The molecule has 2 aromatic carbocycles. The van der Waals surface area contributed by atoms with Gasteiger partial charge in [0.05, 0.1) is 23.9 Å². The highest BCUT2D eigenvalue weighted by atomic mass is 16.5. The Hall–Kier alpha value is -3.41. The van der Waals surface area contributed by atoms with Crippen LogP contribution in [0.3, 0.4) is 0 Å². The lowest BCUT2D eigenvalue weighted by Gasteiger charge is -2.23. The van der Waals surface area contributed by atoms with E-state index in [-0.39, 0.29) is 18.1 Å². The van der Waals surface area contributed by atoms with Crippen LogP contribution in [0.4, 0.5) is 5.82 Å². The molecule has 160 valence electrons. The molecule has 1 aliphatic rings. The number of fused-ring (bicyclic) bond motifs is 1. The molecule has 1 atom stereocenters. The number of hydrogen-bond acceptors (Lipinski definition) is 4. The standard InChI is InChI=1S/C25H27N3O3/c1-5-13-31-19-11-9-18(10-12-19)24(30)20-14-22(29)26-25-23(20)17(4)27-28(25)21-8-6-7-15(2)16(21)3/h6-12,20H,5,13-14H2,1-4H3,(H,26,29)/t20-/m0/s1. The molecule has 3 aromatic rings.